The Balaban J connectivity index is 2.84. The lowest BCUT2D eigenvalue weighted by molar-refractivity contribution is 0.849. The molecule has 0 fully saturated rings. The van der Waals surface area contributed by atoms with Crippen LogP contribution >= 0.6 is 11.8 Å². The number of nitrogens with zero attached hydrogens (tertiary/aromatic N) is 3. The molecular weight excluding hydrogens is 176 g/mol. The number of rotatable bonds is 1. The van der Waals surface area contributed by atoms with E-state index in [-0.39, 0.29) is 5.69 Å². The van der Waals surface area contributed by atoms with E-state index in [1.54, 1.807) is 12.4 Å². The van der Waals surface area contributed by atoms with E-state index < -0.39 is 0 Å². The van der Waals surface area contributed by atoms with E-state index in [2.05, 4.69) is 15.0 Å². The molecular formula is C6H6N4OS. The molecule has 2 rings (SSSR count). The van der Waals surface area contributed by atoms with Gasteiger partial charge < -0.3 is 0 Å². The molecule has 0 unspecified atom stereocenters. The fourth-order valence-electron chi connectivity index (χ4n) is 0.904. The lowest BCUT2D eigenvalue weighted by Gasteiger charge is -1.94. The molecule has 2 aromatic rings. The summed E-state index contributed by atoms with van der Waals surface area (Å²) in [6.45, 7) is 0. The standard InChI is InChI=1S/C6H6N4OS/c1-12-5-8-4-7-2-3-10(4)6(11)9-5/h2-3H,1H3,(H,7,8,9,11). The summed E-state index contributed by atoms with van der Waals surface area (Å²) < 4.78 is 1.36. The number of thioether (sulfide) groups is 1. The largest absolute Gasteiger partial charge is 0.334 e. The van der Waals surface area contributed by atoms with Gasteiger partial charge in [0.25, 0.3) is 0 Å². The zero-order valence-electron chi connectivity index (χ0n) is 6.31. The maximum atomic E-state index is 11.2. The third-order valence-corrected chi connectivity index (χ3v) is 2.03. The van der Waals surface area contributed by atoms with Crippen LogP contribution in [-0.4, -0.2) is 25.6 Å². The minimum absolute atomic E-state index is 0.207. The highest BCUT2D eigenvalue weighted by Crippen LogP contribution is 2.04. The molecule has 0 aliphatic rings. The fraction of sp³-hybridized carbons (Fsp3) is 0.167. The summed E-state index contributed by atoms with van der Waals surface area (Å²) in [6, 6.07) is 0. The first-order valence-electron chi connectivity index (χ1n) is 3.28. The first kappa shape index (κ1) is 7.35. The maximum absolute atomic E-state index is 11.2. The van der Waals surface area contributed by atoms with Crippen LogP contribution in [-0.2, 0) is 0 Å². The van der Waals surface area contributed by atoms with Crippen molar-refractivity contribution < 1.29 is 0 Å². The average Bonchev–Trinajstić information content (AvgIpc) is 2.52. The second kappa shape index (κ2) is 2.63. The number of hydrogen-bond acceptors (Lipinski definition) is 4. The van der Waals surface area contributed by atoms with E-state index in [4.69, 9.17) is 0 Å². The van der Waals surface area contributed by atoms with Gasteiger partial charge in [0.2, 0.25) is 5.78 Å². The van der Waals surface area contributed by atoms with Crippen LogP contribution in [0, 0.1) is 0 Å². The Labute approximate surface area is 71.9 Å². The number of hydrogen-bond donors (Lipinski definition) is 1. The van der Waals surface area contributed by atoms with Crippen molar-refractivity contribution in [1.29, 1.82) is 0 Å². The highest BCUT2D eigenvalue weighted by Gasteiger charge is 2.00. The molecule has 0 spiro atoms. The monoisotopic (exact) mass is 182 g/mol. The molecule has 0 atom stereocenters. The highest BCUT2D eigenvalue weighted by atomic mass is 32.2. The third-order valence-electron chi connectivity index (χ3n) is 1.45. The average molecular weight is 182 g/mol. The van der Waals surface area contributed by atoms with Crippen molar-refractivity contribution in [3.05, 3.63) is 22.9 Å². The van der Waals surface area contributed by atoms with Crippen molar-refractivity contribution in [2.45, 2.75) is 5.16 Å². The van der Waals surface area contributed by atoms with Crippen LogP contribution in [0.15, 0.2) is 22.3 Å². The predicted molar refractivity (Wildman–Crippen MR) is 45.4 cm³/mol. The predicted octanol–water partition coefficient (Wildman–Crippen LogP) is 0.139. The Hall–Kier alpha value is -1.30. The molecule has 62 valence electrons. The van der Waals surface area contributed by atoms with Crippen LogP contribution in [0.4, 0.5) is 0 Å². The van der Waals surface area contributed by atoms with E-state index >= 15 is 0 Å². The van der Waals surface area contributed by atoms with Crippen molar-refractivity contribution in [2.75, 3.05) is 6.26 Å². The highest BCUT2D eigenvalue weighted by molar-refractivity contribution is 7.98. The van der Waals surface area contributed by atoms with E-state index in [1.807, 2.05) is 6.26 Å². The summed E-state index contributed by atoms with van der Waals surface area (Å²) in [5, 5.41) is 0.582. The Morgan fingerprint density at radius 1 is 1.67 bits per heavy atom. The molecule has 1 N–H and O–H groups in total. The van der Waals surface area contributed by atoms with Crippen LogP contribution in [0.3, 0.4) is 0 Å². The molecule has 2 aromatic heterocycles. The van der Waals surface area contributed by atoms with Gasteiger partial charge in [0.15, 0.2) is 5.16 Å². The minimum atomic E-state index is -0.207. The molecule has 0 aliphatic carbocycles. The molecule has 12 heavy (non-hydrogen) atoms. The van der Waals surface area contributed by atoms with Gasteiger partial charge in [-0.2, -0.15) is 4.98 Å². The van der Waals surface area contributed by atoms with Crippen LogP contribution in [0.5, 0.6) is 0 Å². The van der Waals surface area contributed by atoms with Crippen molar-refractivity contribution in [2.24, 2.45) is 0 Å². The van der Waals surface area contributed by atoms with Crippen molar-refractivity contribution in [3.8, 4) is 0 Å². The second-order valence-corrected chi connectivity index (χ2v) is 2.94. The SMILES string of the molecule is CSc1nc2nccn2c(=O)[nH]1. The molecule has 0 aliphatic heterocycles. The number of imidazole rings is 1. The van der Waals surface area contributed by atoms with E-state index in [1.165, 1.54) is 16.2 Å². The van der Waals surface area contributed by atoms with Gasteiger partial charge in [-0.1, -0.05) is 11.8 Å². The summed E-state index contributed by atoms with van der Waals surface area (Å²) in [4.78, 5) is 21.8. The Morgan fingerprint density at radius 2 is 2.50 bits per heavy atom. The topological polar surface area (TPSA) is 63.1 Å². The van der Waals surface area contributed by atoms with Crippen LogP contribution in [0.25, 0.3) is 5.78 Å². The van der Waals surface area contributed by atoms with Gasteiger partial charge in [-0.25, -0.2) is 14.2 Å². The van der Waals surface area contributed by atoms with Gasteiger partial charge in [0.1, 0.15) is 0 Å². The van der Waals surface area contributed by atoms with Crippen molar-refractivity contribution in [1.82, 2.24) is 19.4 Å². The molecule has 6 heteroatoms. The third kappa shape index (κ3) is 1.00. The molecule has 0 aromatic carbocycles. The minimum Gasteiger partial charge on any atom is -0.286 e. The summed E-state index contributed by atoms with van der Waals surface area (Å²) in [6.07, 6.45) is 4.96. The summed E-state index contributed by atoms with van der Waals surface area (Å²) >= 11 is 1.38. The maximum Gasteiger partial charge on any atom is 0.334 e. The van der Waals surface area contributed by atoms with E-state index in [0.717, 1.165) is 0 Å². The summed E-state index contributed by atoms with van der Waals surface area (Å²) in [7, 11) is 0. The number of aromatic nitrogens is 4. The van der Waals surface area contributed by atoms with E-state index in [0.29, 0.717) is 10.9 Å². The molecule has 0 saturated carbocycles. The quantitative estimate of drug-likeness (QED) is 0.637. The van der Waals surface area contributed by atoms with Gasteiger partial charge in [0.05, 0.1) is 0 Å². The van der Waals surface area contributed by atoms with Gasteiger partial charge in [-0.05, 0) is 6.26 Å². The molecule has 0 radical (unpaired) electrons. The van der Waals surface area contributed by atoms with Gasteiger partial charge in [-0.3, -0.25) is 4.98 Å². The van der Waals surface area contributed by atoms with Crippen molar-refractivity contribution in [3.63, 3.8) is 0 Å². The van der Waals surface area contributed by atoms with Crippen LogP contribution in [0.2, 0.25) is 0 Å². The number of H-pyrrole nitrogens is 1. The molecule has 0 saturated heterocycles. The van der Waals surface area contributed by atoms with E-state index in [9.17, 15) is 4.79 Å². The molecule has 5 nitrogen and oxygen atoms in total. The first-order chi connectivity index (χ1) is 5.81. The Bertz CT molecular complexity index is 460. The molecule has 2 heterocycles. The van der Waals surface area contributed by atoms with Gasteiger partial charge in [0, 0.05) is 12.4 Å². The smallest absolute Gasteiger partial charge is 0.286 e. The van der Waals surface area contributed by atoms with Crippen LogP contribution in [0.1, 0.15) is 0 Å². The number of aromatic amines is 1. The summed E-state index contributed by atoms with van der Waals surface area (Å²) in [5.74, 6) is 0.433. The first-order valence-corrected chi connectivity index (χ1v) is 4.51. The van der Waals surface area contributed by atoms with Crippen molar-refractivity contribution >= 4 is 17.5 Å². The normalized spacial score (nSPS) is 10.8. The zero-order chi connectivity index (χ0) is 8.55. The summed E-state index contributed by atoms with van der Waals surface area (Å²) in [5.41, 5.74) is -0.207. The molecule has 0 bridgehead atoms. The Kier molecular flexibility index (Phi) is 1.61. The Morgan fingerprint density at radius 3 is 3.25 bits per heavy atom. The lowest BCUT2D eigenvalue weighted by Crippen LogP contribution is -2.17. The van der Waals surface area contributed by atoms with Gasteiger partial charge >= 0.3 is 5.69 Å². The lowest BCUT2D eigenvalue weighted by atomic mass is 10.9. The number of fused-ring (bicyclic) bond motifs is 1. The number of nitrogens with one attached hydrogen (secondary N) is 1. The zero-order valence-corrected chi connectivity index (χ0v) is 7.13. The second-order valence-electron chi connectivity index (χ2n) is 2.15. The fourth-order valence-corrected chi connectivity index (χ4v) is 1.27. The van der Waals surface area contributed by atoms with Crippen LogP contribution < -0.4 is 5.69 Å². The van der Waals surface area contributed by atoms with Gasteiger partial charge in [-0.15, -0.1) is 0 Å². The molecule has 0 amide bonds.